The fraction of sp³-hybridized carbons (Fsp3) is 0.667. The van der Waals surface area contributed by atoms with Crippen LogP contribution in [-0.2, 0) is 22.7 Å². The van der Waals surface area contributed by atoms with Crippen molar-refractivity contribution in [2.45, 2.75) is 258 Å². The van der Waals surface area contributed by atoms with E-state index in [-0.39, 0.29) is 45.9 Å². The molecular formula is C60H94Br2N2O4. The Morgan fingerprint density at radius 2 is 0.618 bits per heavy atom. The fourth-order valence-corrected chi connectivity index (χ4v) is 9.70. The Labute approximate surface area is 436 Å². The Bertz CT molecular complexity index is 1740. The van der Waals surface area contributed by atoms with Crippen LogP contribution in [0.2, 0.25) is 0 Å². The molecule has 2 heterocycles. The third kappa shape index (κ3) is 26.4. The number of hydrogen-bond donors (Lipinski definition) is 0. The van der Waals surface area contributed by atoms with Gasteiger partial charge in [0.05, 0.1) is 10.8 Å². The molecule has 0 aliphatic heterocycles. The monoisotopic (exact) mass is 1060 g/mol. The minimum atomic E-state index is -0.113. The molecule has 0 amide bonds. The highest BCUT2D eigenvalue weighted by Crippen LogP contribution is 2.25. The number of nitrogens with zero attached hydrogens (tertiary/aromatic N) is 2. The lowest BCUT2D eigenvalue weighted by Gasteiger charge is -2.08. The number of hydrogen-bond acceptors (Lipinski definition) is 4. The summed E-state index contributed by atoms with van der Waals surface area (Å²) in [7, 11) is 0. The molecule has 4 rings (SSSR count). The van der Waals surface area contributed by atoms with Crippen LogP contribution in [0, 0.1) is 0 Å². The van der Waals surface area contributed by atoms with Crippen molar-refractivity contribution in [1.29, 1.82) is 0 Å². The summed E-state index contributed by atoms with van der Waals surface area (Å²) in [6, 6.07) is 20.6. The number of halogens is 2. The van der Waals surface area contributed by atoms with Gasteiger partial charge in [-0.1, -0.05) is 206 Å². The Balaban J connectivity index is 0.00000793. The molecule has 6 nitrogen and oxygen atoms in total. The van der Waals surface area contributed by atoms with Gasteiger partial charge >= 0.3 is 11.9 Å². The van der Waals surface area contributed by atoms with Crippen molar-refractivity contribution in [3.8, 4) is 11.5 Å². The zero-order chi connectivity index (χ0) is 46.5. The van der Waals surface area contributed by atoms with E-state index in [9.17, 15) is 9.59 Å². The zero-order valence-electron chi connectivity index (χ0n) is 43.1. The van der Waals surface area contributed by atoms with Crippen molar-refractivity contribution in [3.05, 3.63) is 73.1 Å². The number of aromatic nitrogens is 2. The second kappa shape index (κ2) is 40.8. The van der Waals surface area contributed by atoms with E-state index in [1.807, 2.05) is 24.3 Å². The van der Waals surface area contributed by atoms with E-state index in [4.69, 9.17) is 9.47 Å². The summed E-state index contributed by atoms with van der Waals surface area (Å²) in [5.74, 6) is 1.15. The highest BCUT2D eigenvalue weighted by Gasteiger charge is 2.19. The number of esters is 2. The average molecular weight is 1070 g/mol. The lowest BCUT2D eigenvalue weighted by molar-refractivity contribution is -0.672. The molecule has 0 aliphatic carbocycles. The van der Waals surface area contributed by atoms with Gasteiger partial charge in [0.25, 0.3) is 11.0 Å². The van der Waals surface area contributed by atoms with Gasteiger partial charge in [-0.05, 0) is 62.1 Å². The molecule has 0 fully saturated rings. The number of carbonyl (C=O) groups is 2. The summed E-state index contributed by atoms with van der Waals surface area (Å²) in [5.41, 5.74) is 2.05. The standard InChI is InChI=1S/C60H94N2O4.2BrH/c1-3-5-7-9-11-13-15-17-19-21-25-29-33-47-57(63)65-55-45-37-41-53-43-39-51-61(59(53)55)49-35-31-27-23-24-28-32-36-50-62-52-40-44-54-42-38-46-56(60(54)62)66-58(64)48-34-30-26-22-20-18-16-14-12-10-8-6-4-2;;/h37-46,51-52H,3-36,47-50H2,1-2H3;2*1H/q+2;;/p-2. The van der Waals surface area contributed by atoms with Gasteiger partial charge in [-0.25, -0.2) is 0 Å². The van der Waals surface area contributed by atoms with E-state index in [0.717, 1.165) is 73.4 Å². The van der Waals surface area contributed by atoms with Gasteiger partial charge in [-0.3, -0.25) is 9.59 Å². The van der Waals surface area contributed by atoms with Gasteiger partial charge in [-0.2, -0.15) is 9.13 Å². The average Bonchev–Trinajstić information content (AvgIpc) is 3.32. The molecule has 0 unspecified atom stereocenters. The summed E-state index contributed by atoms with van der Waals surface area (Å²) < 4.78 is 16.6. The molecule has 0 atom stereocenters. The number of unbranched alkanes of at least 4 members (excludes halogenated alkanes) is 31. The smallest absolute Gasteiger partial charge is 0.311 e. The van der Waals surface area contributed by atoms with Gasteiger partial charge in [0.15, 0.2) is 12.4 Å². The molecular weight excluding hydrogens is 972 g/mol. The van der Waals surface area contributed by atoms with E-state index < -0.39 is 0 Å². The van der Waals surface area contributed by atoms with Gasteiger partial charge in [0.2, 0.25) is 11.5 Å². The predicted molar refractivity (Wildman–Crippen MR) is 277 cm³/mol. The molecule has 0 N–H and O–H groups in total. The Kier molecular flexibility index (Phi) is 36.8. The number of rotatable bonds is 41. The van der Waals surface area contributed by atoms with Crippen LogP contribution in [-0.4, -0.2) is 11.9 Å². The number of fused-ring (bicyclic) bond motifs is 2. The molecule has 2 aromatic carbocycles. The summed E-state index contributed by atoms with van der Waals surface area (Å²) in [4.78, 5) is 25.8. The van der Waals surface area contributed by atoms with Crippen molar-refractivity contribution >= 4 is 33.7 Å². The molecule has 8 heteroatoms. The van der Waals surface area contributed by atoms with Crippen LogP contribution in [0.5, 0.6) is 11.5 Å². The summed E-state index contributed by atoms with van der Waals surface area (Å²) in [6.07, 6.45) is 48.6. The number of benzene rings is 2. The van der Waals surface area contributed by atoms with E-state index in [0.29, 0.717) is 24.3 Å². The molecule has 68 heavy (non-hydrogen) atoms. The highest BCUT2D eigenvalue weighted by atomic mass is 79.9. The van der Waals surface area contributed by atoms with Crippen molar-refractivity contribution in [1.82, 2.24) is 0 Å². The van der Waals surface area contributed by atoms with Crippen LogP contribution in [0.3, 0.4) is 0 Å². The molecule has 0 aliphatic rings. The maximum absolute atomic E-state index is 12.9. The van der Waals surface area contributed by atoms with Crippen molar-refractivity contribution < 1.29 is 62.2 Å². The zero-order valence-corrected chi connectivity index (χ0v) is 46.3. The van der Waals surface area contributed by atoms with E-state index in [2.05, 4.69) is 71.8 Å². The number of pyridine rings is 2. The SMILES string of the molecule is CCCCCCCCCCCCCCCC(=O)Oc1cccc2ccc[n+](CCCCCCCCCC[n+]3cccc4cccc(OC(=O)CCCCCCCCCCCCCCC)c43)c12.[Br-].[Br-]. The molecule has 0 spiro atoms. The van der Waals surface area contributed by atoms with Gasteiger partial charge in [0, 0.05) is 37.8 Å². The van der Waals surface area contributed by atoms with E-state index in [1.54, 1.807) is 0 Å². The first-order chi connectivity index (χ1) is 32.6. The van der Waals surface area contributed by atoms with Crippen molar-refractivity contribution in [3.63, 3.8) is 0 Å². The van der Waals surface area contributed by atoms with Crippen LogP contribution < -0.4 is 52.6 Å². The molecule has 0 saturated heterocycles. The third-order valence-electron chi connectivity index (χ3n) is 13.7. The van der Waals surface area contributed by atoms with Crippen LogP contribution in [0.4, 0.5) is 0 Å². The summed E-state index contributed by atoms with van der Waals surface area (Å²) >= 11 is 0. The largest absolute Gasteiger partial charge is 1.00 e. The quantitative estimate of drug-likeness (QED) is 0.0192. The first kappa shape index (κ1) is 61.3. The first-order valence-electron chi connectivity index (χ1n) is 27.8. The first-order valence-corrected chi connectivity index (χ1v) is 27.8. The summed E-state index contributed by atoms with van der Waals surface area (Å²) in [5, 5.41) is 2.23. The Hall–Kier alpha value is -2.84. The second-order valence-electron chi connectivity index (χ2n) is 19.6. The van der Waals surface area contributed by atoms with Gasteiger partial charge in [0.1, 0.15) is 13.1 Å². The van der Waals surface area contributed by atoms with Crippen LogP contribution in [0.15, 0.2) is 73.1 Å². The third-order valence-corrected chi connectivity index (χ3v) is 13.7. The van der Waals surface area contributed by atoms with Crippen molar-refractivity contribution in [2.75, 3.05) is 0 Å². The molecule has 0 bridgehead atoms. The van der Waals surface area contributed by atoms with Gasteiger partial charge in [-0.15, -0.1) is 0 Å². The number of ether oxygens (including phenoxy) is 2. The van der Waals surface area contributed by atoms with Crippen LogP contribution in [0.25, 0.3) is 21.8 Å². The number of aryl methyl sites for hydroxylation is 2. The Morgan fingerprint density at radius 3 is 0.926 bits per heavy atom. The van der Waals surface area contributed by atoms with Gasteiger partial charge < -0.3 is 43.4 Å². The molecule has 0 radical (unpaired) electrons. The lowest BCUT2D eigenvalue weighted by Crippen LogP contribution is -3.00. The maximum Gasteiger partial charge on any atom is 0.311 e. The normalized spacial score (nSPS) is 11.1. The molecule has 0 saturated carbocycles. The van der Waals surface area contributed by atoms with Crippen LogP contribution in [0.1, 0.15) is 245 Å². The predicted octanol–water partition coefficient (Wildman–Crippen LogP) is 11.2. The fourth-order valence-electron chi connectivity index (χ4n) is 9.70. The highest BCUT2D eigenvalue weighted by molar-refractivity contribution is 5.85. The molecule has 382 valence electrons. The number of carbonyl (C=O) groups excluding carboxylic acids is 2. The molecule has 2 aromatic heterocycles. The van der Waals surface area contributed by atoms with E-state index >= 15 is 0 Å². The molecule has 4 aromatic rings. The minimum absolute atomic E-state index is 0. The minimum Gasteiger partial charge on any atom is -1.00 e. The number of para-hydroxylation sites is 2. The van der Waals surface area contributed by atoms with Crippen LogP contribution >= 0.6 is 0 Å². The van der Waals surface area contributed by atoms with Crippen molar-refractivity contribution in [2.24, 2.45) is 0 Å². The topological polar surface area (TPSA) is 60.4 Å². The van der Waals surface area contributed by atoms with E-state index in [1.165, 1.54) is 180 Å². The second-order valence-corrected chi connectivity index (χ2v) is 19.6. The Morgan fingerprint density at radius 1 is 0.353 bits per heavy atom. The summed E-state index contributed by atoms with van der Waals surface area (Å²) in [6.45, 7) is 6.40. The maximum atomic E-state index is 12.9. The lowest BCUT2D eigenvalue weighted by atomic mass is 10.0.